The summed E-state index contributed by atoms with van der Waals surface area (Å²) in [4.78, 5) is 14.0. The molecule has 0 bridgehead atoms. The number of nitro groups is 1. The highest BCUT2D eigenvalue weighted by atomic mass is 19.4. The molecule has 3 aromatic rings. The van der Waals surface area contributed by atoms with Crippen LogP contribution in [0.15, 0.2) is 30.5 Å². The standard InChI is InChI=1S/C13H10F3N5O2/c1-19-9-5-3-2-4-8(9)17-11(19)7-20-6-10(21(22)23)12(18-20)13(14,15)16/h2-6H,7H2,1H3. The molecule has 0 fully saturated rings. The first-order chi connectivity index (χ1) is 10.8. The van der Waals surface area contributed by atoms with Gasteiger partial charge in [-0.05, 0) is 12.1 Å². The first-order valence-corrected chi connectivity index (χ1v) is 6.46. The number of halogens is 3. The topological polar surface area (TPSA) is 78.8 Å². The summed E-state index contributed by atoms with van der Waals surface area (Å²) in [5.41, 5.74) is -1.10. The maximum absolute atomic E-state index is 12.8. The highest BCUT2D eigenvalue weighted by Crippen LogP contribution is 2.34. The largest absolute Gasteiger partial charge is 0.442 e. The van der Waals surface area contributed by atoms with E-state index in [0.29, 0.717) is 11.3 Å². The lowest BCUT2D eigenvalue weighted by Crippen LogP contribution is -2.11. The van der Waals surface area contributed by atoms with Gasteiger partial charge in [-0.25, -0.2) is 4.98 Å². The minimum Gasteiger partial charge on any atom is -0.330 e. The van der Waals surface area contributed by atoms with Crippen molar-refractivity contribution >= 4 is 16.7 Å². The number of benzene rings is 1. The fraction of sp³-hybridized carbons (Fsp3) is 0.231. The minimum atomic E-state index is -4.89. The molecule has 3 rings (SSSR count). The number of para-hydroxylation sites is 2. The summed E-state index contributed by atoms with van der Waals surface area (Å²) in [5, 5.41) is 14.1. The first kappa shape index (κ1) is 15.0. The van der Waals surface area contributed by atoms with Crippen LogP contribution in [-0.4, -0.2) is 24.3 Å². The Hall–Kier alpha value is -2.91. The number of imidazole rings is 1. The molecular formula is C13H10F3N5O2. The Morgan fingerprint density at radius 3 is 2.57 bits per heavy atom. The molecule has 1 aromatic carbocycles. The van der Waals surface area contributed by atoms with Crippen LogP contribution in [0.5, 0.6) is 0 Å². The number of nitrogens with zero attached hydrogens (tertiary/aromatic N) is 5. The van der Waals surface area contributed by atoms with Gasteiger partial charge < -0.3 is 4.57 Å². The quantitative estimate of drug-likeness (QED) is 0.548. The van der Waals surface area contributed by atoms with Gasteiger partial charge in [0.2, 0.25) is 5.69 Å². The Bertz CT molecular complexity index is 897. The maximum Gasteiger partial charge on any atom is 0.442 e. The van der Waals surface area contributed by atoms with Gasteiger partial charge in [-0.2, -0.15) is 18.3 Å². The van der Waals surface area contributed by atoms with Crippen LogP contribution in [0.25, 0.3) is 11.0 Å². The Morgan fingerprint density at radius 2 is 2.00 bits per heavy atom. The molecule has 0 saturated heterocycles. The summed E-state index contributed by atoms with van der Waals surface area (Å²) >= 11 is 0. The molecule has 10 heteroatoms. The van der Waals surface area contributed by atoms with Crippen molar-refractivity contribution < 1.29 is 18.1 Å². The summed E-state index contributed by atoms with van der Waals surface area (Å²) in [5.74, 6) is 0.442. The number of aryl methyl sites for hydroxylation is 1. The molecule has 0 saturated carbocycles. The number of hydrogen-bond donors (Lipinski definition) is 0. The molecule has 2 aromatic heterocycles. The van der Waals surface area contributed by atoms with E-state index in [4.69, 9.17) is 0 Å². The molecule has 0 aliphatic heterocycles. The van der Waals surface area contributed by atoms with Crippen LogP contribution < -0.4 is 0 Å². The molecule has 0 N–H and O–H groups in total. The van der Waals surface area contributed by atoms with Gasteiger partial charge in [0.25, 0.3) is 0 Å². The van der Waals surface area contributed by atoms with Crippen molar-refractivity contribution in [3.05, 3.63) is 52.1 Å². The van der Waals surface area contributed by atoms with Crippen molar-refractivity contribution in [3.63, 3.8) is 0 Å². The number of fused-ring (bicyclic) bond motifs is 1. The Morgan fingerprint density at radius 1 is 1.30 bits per heavy atom. The van der Waals surface area contributed by atoms with Crippen molar-refractivity contribution in [1.29, 1.82) is 0 Å². The molecule has 0 aliphatic carbocycles. The van der Waals surface area contributed by atoms with Gasteiger partial charge in [0.05, 0.1) is 22.5 Å². The fourth-order valence-electron chi connectivity index (χ4n) is 2.31. The molecule has 0 aliphatic rings. The van der Waals surface area contributed by atoms with Gasteiger partial charge in [-0.3, -0.25) is 14.8 Å². The van der Waals surface area contributed by atoms with E-state index >= 15 is 0 Å². The van der Waals surface area contributed by atoms with E-state index in [0.717, 1.165) is 16.4 Å². The number of aromatic nitrogens is 4. The van der Waals surface area contributed by atoms with E-state index in [-0.39, 0.29) is 6.54 Å². The highest BCUT2D eigenvalue weighted by Gasteiger charge is 2.42. The van der Waals surface area contributed by atoms with Crippen molar-refractivity contribution in [2.45, 2.75) is 12.7 Å². The van der Waals surface area contributed by atoms with Crippen LogP contribution in [0.4, 0.5) is 18.9 Å². The molecule has 0 amide bonds. The molecule has 120 valence electrons. The SMILES string of the molecule is Cn1c(Cn2cc([N+](=O)[O-])c(C(F)(F)F)n2)nc2ccccc21. The van der Waals surface area contributed by atoms with E-state index in [2.05, 4.69) is 10.1 Å². The van der Waals surface area contributed by atoms with Gasteiger partial charge in [-0.1, -0.05) is 12.1 Å². The van der Waals surface area contributed by atoms with Gasteiger partial charge in [0, 0.05) is 7.05 Å². The second kappa shape index (κ2) is 5.07. The van der Waals surface area contributed by atoms with Crippen LogP contribution in [0, 0.1) is 10.1 Å². The lowest BCUT2D eigenvalue weighted by Gasteiger charge is -2.03. The summed E-state index contributed by atoms with van der Waals surface area (Å²) in [6.45, 7) is -0.109. The highest BCUT2D eigenvalue weighted by molar-refractivity contribution is 5.75. The van der Waals surface area contributed by atoms with E-state index < -0.39 is 22.5 Å². The average molecular weight is 325 g/mol. The van der Waals surface area contributed by atoms with Crippen molar-refractivity contribution in [3.8, 4) is 0 Å². The van der Waals surface area contributed by atoms with E-state index in [1.165, 1.54) is 0 Å². The molecule has 0 spiro atoms. The zero-order valence-corrected chi connectivity index (χ0v) is 11.8. The Balaban J connectivity index is 2.02. The smallest absolute Gasteiger partial charge is 0.330 e. The maximum atomic E-state index is 12.8. The van der Waals surface area contributed by atoms with E-state index in [1.54, 1.807) is 23.7 Å². The lowest BCUT2D eigenvalue weighted by atomic mass is 10.3. The average Bonchev–Trinajstić information content (AvgIpc) is 3.02. The third-order valence-corrected chi connectivity index (χ3v) is 3.39. The monoisotopic (exact) mass is 325 g/mol. The minimum absolute atomic E-state index is 0.109. The van der Waals surface area contributed by atoms with Gasteiger partial charge in [-0.15, -0.1) is 0 Å². The van der Waals surface area contributed by atoms with Crippen LogP contribution in [0.2, 0.25) is 0 Å². The summed E-state index contributed by atoms with van der Waals surface area (Å²) in [6.07, 6.45) is -4.12. The zero-order valence-electron chi connectivity index (χ0n) is 11.8. The Kier molecular flexibility index (Phi) is 3.31. The summed E-state index contributed by atoms with van der Waals surface area (Å²) in [7, 11) is 1.72. The Labute approximate surface area is 127 Å². The normalized spacial score (nSPS) is 12.0. The predicted octanol–water partition coefficient (Wildman–Crippen LogP) is 2.75. The number of rotatable bonds is 3. The van der Waals surface area contributed by atoms with Crippen LogP contribution in [-0.2, 0) is 19.8 Å². The van der Waals surface area contributed by atoms with Crippen molar-refractivity contribution in [1.82, 2.24) is 19.3 Å². The molecular weight excluding hydrogens is 315 g/mol. The molecule has 7 nitrogen and oxygen atoms in total. The molecule has 2 heterocycles. The second-order valence-electron chi connectivity index (χ2n) is 4.89. The van der Waals surface area contributed by atoms with Crippen molar-refractivity contribution in [2.24, 2.45) is 7.05 Å². The lowest BCUT2D eigenvalue weighted by molar-refractivity contribution is -0.388. The number of hydrogen-bond acceptors (Lipinski definition) is 4. The summed E-state index contributed by atoms with van der Waals surface area (Å²) in [6, 6.07) is 7.19. The second-order valence-corrected chi connectivity index (χ2v) is 4.89. The molecule has 0 radical (unpaired) electrons. The van der Waals surface area contributed by atoms with Crippen LogP contribution >= 0.6 is 0 Å². The van der Waals surface area contributed by atoms with Gasteiger partial charge in [0.1, 0.15) is 12.0 Å². The van der Waals surface area contributed by atoms with Gasteiger partial charge >= 0.3 is 11.9 Å². The molecule has 23 heavy (non-hydrogen) atoms. The van der Waals surface area contributed by atoms with E-state index in [1.807, 2.05) is 12.1 Å². The molecule has 0 unspecified atom stereocenters. The van der Waals surface area contributed by atoms with E-state index in [9.17, 15) is 23.3 Å². The first-order valence-electron chi connectivity index (χ1n) is 6.46. The third kappa shape index (κ3) is 2.62. The third-order valence-electron chi connectivity index (χ3n) is 3.39. The molecule has 0 atom stereocenters. The van der Waals surface area contributed by atoms with Gasteiger partial charge in [0.15, 0.2) is 0 Å². The van der Waals surface area contributed by atoms with Crippen LogP contribution in [0.3, 0.4) is 0 Å². The zero-order chi connectivity index (χ0) is 16.8. The van der Waals surface area contributed by atoms with Crippen molar-refractivity contribution in [2.75, 3.05) is 0 Å². The fourth-order valence-corrected chi connectivity index (χ4v) is 2.31. The van der Waals surface area contributed by atoms with Crippen LogP contribution in [0.1, 0.15) is 11.5 Å². The summed E-state index contributed by atoms with van der Waals surface area (Å²) < 4.78 is 41.0. The number of alkyl halides is 3. The predicted molar refractivity (Wildman–Crippen MR) is 73.7 cm³/mol.